The SMILES string of the molecule is CC(O)CN(C)c1cccnc1C(=N)N. The normalized spacial score (nSPS) is 12.2. The van der Waals surface area contributed by atoms with Crippen LogP contribution in [0.1, 0.15) is 12.6 Å². The highest BCUT2D eigenvalue weighted by atomic mass is 16.3. The molecule has 1 aromatic heterocycles. The Bertz CT molecular complexity index is 351. The summed E-state index contributed by atoms with van der Waals surface area (Å²) in [6.07, 6.45) is 1.16. The number of hydrogen-bond acceptors (Lipinski definition) is 4. The van der Waals surface area contributed by atoms with E-state index in [0.717, 1.165) is 5.69 Å². The number of amidine groups is 1. The van der Waals surface area contributed by atoms with Crippen LogP contribution in [0.4, 0.5) is 5.69 Å². The average molecular weight is 208 g/mol. The minimum Gasteiger partial charge on any atom is -0.392 e. The molecule has 0 aliphatic rings. The van der Waals surface area contributed by atoms with Crippen LogP contribution < -0.4 is 10.6 Å². The van der Waals surface area contributed by atoms with E-state index in [1.54, 1.807) is 19.2 Å². The van der Waals surface area contributed by atoms with Crippen molar-refractivity contribution >= 4 is 11.5 Å². The smallest absolute Gasteiger partial charge is 0.143 e. The van der Waals surface area contributed by atoms with Crippen molar-refractivity contribution in [3.8, 4) is 0 Å². The Hall–Kier alpha value is -1.62. The van der Waals surface area contributed by atoms with Crippen molar-refractivity contribution < 1.29 is 5.11 Å². The molecule has 1 rings (SSSR count). The van der Waals surface area contributed by atoms with Crippen molar-refractivity contribution in [3.05, 3.63) is 24.0 Å². The van der Waals surface area contributed by atoms with E-state index in [0.29, 0.717) is 12.2 Å². The molecule has 0 aliphatic heterocycles. The van der Waals surface area contributed by atoms with Crippen LogP contribution in [0.2, 0.25) is 0 Å². The maximum atomic E-state index is 9.27. The van der Waals surface area contributed by atoms with Crippen molar-refractivity contribution in [1.82, 2.24) is 4.98 Å². The molecule has 1 unspecified atom stereocenters. The van der Waals surface area contributed by atoms with E-state index in [2.05, 4.69) is 4.98 Å². The molecule has 0 bridgehead atoms. The molecule has 0 spiro atoms. The number of hydrogen-bond donors (Lipinski definition) is 3. The number of aliphatic hydroxyl groups excluding tert-OH is 1. The van der Waals surface area contributed by atoms with Gasteiger partial charge in [0.2, 0.25) is 0 Å². The third-order valence-corrected chi connectivity index (χ3v) is 1.99. The summed E-state index contributed by atoms with van der Waals surface area (Å²) in [5.41, 5.74) is 6.62. The van der Waals surface area contributed by atoms with Crippen LogP contribution >= 0.6 is 0 Å². The highest BCUT2D eigenvalue weighted by Crippen LogP contribution is 2.16. The van der Waals surface area contributed by atoms with Crippen molar-refractivity contribution in [1.29, 1.82) is 5.41 Å². The lowest BCUT2D eigenvalue weighted by atomic mass is 10.2. The van der Waals surface area contributed by atoms with Gasteiger partial charge in [-0.25, -0.2) is 0 Å². The van der Waals surface area contributed by atoms with Gasteiger partial charge in [0, 0.05) is 19.8 Å². The van der Waals surface area contributed by atoms with Gasteiger partial charge < -0.3 is 15.7 Å². The van der Waals surface area contributed by atoms with Crippen LogP contribution in [0.25, 0.3) is 0 Å². The molecular weight excluding hydrogens is 192 g/mol. The van der Waals surface area contributed by atoms with Crippen LogP contribution in [0.5, 0.6) is 0 Å². The summed E-state index contributed by atoms with van der Waals surface area (Å²) >= 11 is 0. The zero-order chi connectivity index (χ0) is 11.4. The molecule has 0 radical (unpaired) electrons. The quantitative estimate of drug-likeness (QED) is 0.486. The molecular formula is C10H16N4O. The van der Waals surface area contributed by atoms with E-state index in [-0.39, 0.29) is 5.84 Å². The van der Waals surface area contributed by atoms with Gasteiger partial charge in [0.1, 0.15) is 11.5 Å². The number of pyridine rings is 1. The zero-order valence-corrected chi connectivity index (χ0v) is 8.94. The van der Waals surface area contributed by atoms with Crippen molar-refractivity contribution in [2.75, 3.05) is 18.5 Å². The Balaban J connectivity index is 2.97. The standard InChI is InChI=1S/C10H16N4O/c1-7(15)6-14(2)8-4-3-5-13-9(8)10(11)12/h3-5,7,15H,6H2,1-2H3,(H3,11,12). The fourth-order valence-corrected chi connectivity index (χ4v) is 1.41. The third-order valence-electron chi connectivity index (χ3n) is 1.99. The first-order valence-electron chi connectivity index (χ1n) is 4.71. The number of nitrogen functional groups attached to an aromatic ring is 1. The van der Waals surface area contributed by atoms with E-state index in [9.17, 15) is 5.11 Å². The van der Waals surface area contributed by atoms with Gasteiger partial charge in [0.15, 0.2) is 0 Å². The van der Waals surface area contributed by atoms with Gasteiger partial charge in [0.05, 0.1) is 11.8 Å². The van der Waals surface area contributed by atoms with Crippen molar-refractivity contribution in [2.45, 2.75) is 13.0 Å². The fraction of sp³-hybridized carbons (Fsp3) is 0.400. The van der Waals surface area contributed by atoms with Gasteiger partial charge in [-0.3, -0.25) is 10.4 Å². The Kier molecular flexibility index (Phi) is 3.62. The molecule has 0 aliphatic carbocycles. The number of aliphatic hydroxyl groups is 1. The summed E-state index contributed by atoms with van der Waals surface area (Å²) in [4.78, 5) is 5.86. The summed E-state index contributed by atoms with van der Waals surface area (Å²) in [6.45, 7) is 2.19. The second-order valence-electron chi connectivity index (χ2n) is 3.51. The molecule has 15 heavy (non-hydrogen) atoms. The minimum atomic E-state index is -0.435. The average Bonchev–Trinajstić information content (AvgIpc) is 2.16. The van der Waals surface area contributed by atoms with E-state index in [4.69, 9.17) is 11.1 Å². The number of likely N-dealkylation sites (N-methyl/N-ethyl adjacent to an activating group) is 1. The van der Waals surface area contributed by atoms with Crippen LogP contribution in [-0.2, 0) is 0 Å². The minimum absolute atomic E-state index is 0.0666. The number of nitrogens with two attached hydrogens (primary N) is 1. The molecule has 0 aromatic carbocycles. The van der Waals surface area contributed by atoms with Gasteiger partial charge in [0.25, 0.3) is 0 Å². The van der Waals surface area contributed by atoms with E-state index >= 15 is 0 Å². The molecule has 0 saturated heterocycles. The first-order valence-corrected chi connectivity index (χ1v) is 4.71. The lowest BCUT2D eigenvalue weighted by Crippen LogP contribution is -2.29. The largest absolute Gasteiger partial charge is 0.392 e. The molecule has 82 valence electrons. The van der Waals surface area contributed by atoms with E-state index in [1.807, 2.05) is 18.0 Å². The summed E-state index contributed by atoms with van der Waals surface area (Å²) < 4.78 is 0. The molecule has 4 N–H and O–H groups in total. The van der Waals surface area contributed by atoms with Gasteiger partial charge in [-0.2, -0.15) is 0 Å². The van der Waals surface area contributed by atoms with Crippen molar-refractivity contribution in [2.24, 2.45) is 5.73 Å². The maximum Gasteiger partial charge on any atom is 0.143 e. The Morgan fingerprint density at radius 3 is 2.93 bits per heavy atom. The predicted octanol–water partition coefficient (Wildman–Crippen LogP) is 0.183. The first kappa shape index (κ1) is 11.5. The lowest BCUT2D eigenvalue weighted by Gasteiger charge is -2.22. The molecule has 1 aromatic rings. The molecule has 0 saturated carbocycles. The number of anilines is 1. The monoisotopic (exact) mass is 208 g/mol. The summed E-state index contributed by atoms with van der Waals surface area (Å²) in [7, 11) is 1.83. The first-order chi connectivity index (χ1) is 7.02. The van der Waals surface area contributed by atoms with Gasteiger partial charge >= 0.3 is 0 Å². The van der Waals surface area contributed by atoms with Crippen LogP contribution in [-0.4, -0.2) is 35.6 Å². The second kappa shape index (κ2) is 4.75. The van der Waals surface area contributed by atoms with Crippen LogP contribution in [0.15, 0.2) is 18.3 Å². The number of nitrogens with one attached hydrogen (secondary N) is 1. The Morgan fingerprint density at radius 2 is 2.40 bits per heavy atom. The fourth-order valence-electron chi connectivity index (χ4n) is 1.41. The molecule has 5 nitrogen and oxygen atoms in total. The van der Waals surface area contributed by atoms with Crippen LogP contribution in [0, 0.1) is 5.41 Å². The van der Waals surface area contributed by atoms with E-state index < -0.39 is 6.10 Å². The highest BCUT2D eigenvalue weighted by Gasteiger charge is 2.11. The Morgan fingerprint density at radius 1 is 1.73 bits per heavy atom. The molecule has 0 amide bonds. The molecule has 0 fully saturated rings. The molecule has 5 heteroatoms. The number of aromatic nitrogens is 1. The van der Waals surface area contributed by atoms with Crippen LogP contribution in [0.3, 0.4) is 0 Å². The maximum absolute atomic E-state index is 9.27. The second-order valence-corrected chi connectivity index (χ2v) is 3.51. The van der Waals surface area contributed by atoms with Gasteiger partial charge in [-0.05, 0) is 19.1 Å². The third kappa shape index (κ3) is 2.92. The van der Waals surface area contributed by atoms with E-state index in [1.165, 1.54) is 0 Å². The summed E-state index contributed by atoms with van der Waals surface area (Å²) in [5.74, 6) is -0.0666. The number of nitrogens with zero attached hydrogens (tertiary/aromatic N) is 2. The highest BCUT2D eigenvalue weighted by molar-refractivity contribution is 5.98. The predicted molar refractivity (Wildman–Crippen MR) is 60.2 cm³/mol. The topological polar surface area (TPSA) is 86.2 Å². The molecule has 1 atom stereocenters. The van der Waals surface area contributed by atoms with Gasteiger partial charge in [-0.15, -0.1) is 0 Å². The zero-order valence-electron chi connectivity index (χ0n) is 8.94. The summed E-state index contributed by atoms with van der Waals surface area (Å²) in [6, 6.07) is 3.60. The van der Waals surface area contributed by atoms with Crippen molar-refractivity contribution in [3.63, 3.8) is 0 Å². The van der Waals surface area contributed by atoms with Gasteiger partial charge in [-0.1, -0.05) is 0 Å². The lowest BCUT2D eigenvalue weighted by molar-refractivity contribution is 0.201. The Labute approximate surface area is 89.1 Å². The molecule has 1 heterocycles. The number of rotatable bonds is 4. The summed E-state index contributed by atoms with van der Waals surface area (Å²) in [5, 5.41) is 16.6.